The van der Waals surface area contributed by atoms with E-state index in [9.17, 15) is 0 Å². The number of thiazole rings is 1. The summed E-state index contributed by atoms with van der Waals surface area (Å²) in [4.78, 5) is 5.74. The fraction of sp³-hybridized carbons (Fsp3) is 0.583. The van der Waals surface area contributed by atoms with E-state index in [0.717, 1.165) is 16.0 Å². The van der Waals surface area contributed by atoms with Gasteiger partial charge in [-0.3, -0.25) is 4.40 Å². The molecule has 0 unspecified atom stereocenters. The van der Waals surface area contributed by atoms with Gasteiger partial charge in [-0.2, -0.15) is 11.8 Å². The van der Waals surface area contributed by atoms with Gasteiger partial charge in [0.15, 0.2) is 4.96 Å². The minimum absolute atomic E-state index is 0.883. The zero-order valence-corrected chi connectivity index (χ0v) is 10.9. The molecule has 0 N–H and O–H groups in total. The van der Waals surface area contributed by atoms with Gasteiger partial charge in [-0.25, -0.2) is 4.98 Å². The lowest BCUT2D eigenvalue weighted by atomic mass is 10.0. The summed E-state index contributed by atoms with van der Waals surface area (Å²) in [6, 6.07) is 0. The van der Waals surface area contributed by atoms with Crippen LogP contribution in [0.15, 0.2) is 17.8 Å². The summed E-state index contributed by atoms with van der Waals surface area (Å²) < 4.78 is 2.13. The Balaban J connectivity index is 1.59. The minimum atomic E-state index is 0.883. The SMILES string of the molecule is c1cn2cc(CSC3CCCCC3)nc2s1. The van der Waals surface area contributed by atoms with E-state index in [-0.39, 0.29) is 0 Å². The third-order valence-corrected chi connectivity index (χ3v) is 5.34. The van der Waals surface area contributed by atoms with Crippen molar-refractivity contribution in [2.24, 2.45) is 0 Å². The van der Waals surface area contributed by atoms with Crippen molar-refractivity contribution in [1.82, 2.24) is 9.38 Å². The topological polar surface area (TPSA) is 17.3 Å². The number of hydrogen-bond donors (Lipinski definition) is 0. The van der Waals surface area contributed by atoms with Crippen molar-refractivity contribution in [1.29, 1.82) is 0 Å². The van der Waals surface area contributed by atoms with Crippen LogP contribution < -0.4 is 0 Å². The number of rotatable bonds is 3. The van der Waals surface area contributed by atoms with Crippen molar-refractivity contribution in [3.05, 3.63) is 23.5 Å². The van der Waals surface area contributed by atoms with Crippen LogP contribution >= 0.6 is 23.1 Å². The van der Waals surface area contributed by atoms with Crippen molar-refractivity contribution in [2.75, 3.05) is 0 Å². The molecule has 2 heterocycles. The summed E-state index contributed by atoms with van der Waals surface area (Å²) in [5.41, 5.74) is 1.24. The molecule has 86 valence electrons. The second kappa shape index (κ2) is 4.80. The lowest BCUT2D eigenvalue weighted by Gasteiger charge is -2.20. The van der Waals surface area contributed by atoms with E-state index < -0.39 is 0 Å². The van der Waals surface area contributed by atoms with Crippen LogP contribution in [-0.4, -0.2) is 14.6 Å². The van der Waals surface area contributed by atoms with Crippen molar-refractivity contribution < 1.29 is 0 Å². The number of hydrogen-bond acceptors (Lipinski definition) is 3. The molecule has 0 spiro atoms. The third kappa shape index (κ3) is 2.28. The van der Waals surface area contributed by atoms with Crippen molar-refractivity contribution in [3.8, 4) is 0 Å². The van der Waals surface area contributed by atoms with Crippen LogP contribution in [0.4, 0.5) is 0 Å². The summed E-state index contributed by atoms with van der Waals surface area (Å²) >= 11 is 3.81. The van der Waals surface area contributed by atoms with E-state index in [0.29, 0.717) is 0 Å². The number of imidazole rings is 1. The van der Waals surface area contributed by atoms with Crippen LogP contribution in [0.25, 0.3) is 4.96 Å². The number of thioether (sulfide) groups is 1. The van der Waals surface area contributed by atoms with E-state index in [1.165, 1.54) is 37.8 Å². The molecule has 0 aromatic carbocycles. The van der Waals surface area contributed by atoms with Crippen molar-refractivity contribution in [3.63, 3.8) is 0 Å². The molecule has 0 aliphatic heterocycles. The normalized spacial score (nSPS) is 18.2. The van der Waals surface area contributed by atoms with Crippen molar-refractivity contribution in [2.45, 2.75) is 43.1 Å². The summed E-state index contributed by atoms with van der Waals surface area (Å²) in [5, 5.41) is 2.97. The Hall–Kier alpha value is -0.480. The quantitative estimate of drug-likeness (QED) is 0.822. The minimum Gasteiger partial charge on any atom is -0.297 e. The average molecular weight is 252 g/mol. The molecule has 0 amide bonds. The molecule has 1 fully saturated rings. The fourth-order valence-corrected chi connectivity index (χ4v) is 4.21. The predicted octanol–water partition coefficient (Wildman–Crippen LogP) is 3.96. The highest BCUT2D eigenvalue weighted by atomic mass is 32.2. The molecular formula is C12H16N2S2. The van der Waals surface area contributed by atoms with Crippen molar-refractivity contribution >= 4 is 28.1 Å². The zero-order valence-electron chi connectivity index (χ0n) is 9.26. The maximum atomic E-state index is 4.62. The van der Waals surface area contributed by atoms with Gasteiger partial charge in [0, 0.05) is 28.8 Å². The Morgan fingerprint density at radius 3 is 3.06 bits per heavy atom. The monoisotopic (exact) mass is 252 g/mol. The van der Waals surface area contributed by atoms with E-state index >= 15 is 0 Å². The molecule has 2 aromatic rings. The number of nitrogens with zero attached hydrogens (tertiary/aromatic N) is 2. The Kier molecular flexibility index (Phi) is 3.20. The summed E-state index contributed by atoms with van der Waals surface area (Å²) in [6.07, 6.45) is 11.4. The van der Waals surface area contributed by atoms with Crippen LogP contribution in [0, 0.1) is 0 Å². The van der Waals surface area contributed by atoms with Gasteiger partial charge < -0.3 is 0 Å². The maximum absolute atomic E-state index is 4.62. The molecule has 0 saturated heterocycles. The van der Waals surface area contributed by atoms with Gasteiger partial charge >= 0.3 is 0 Å². The third-order valence-electron chi connectivity index (χ3n) is 3.16. The second-order valence-electron chi connectivity index (χ2n) is 4.40. The van der Waals surface area contributed by atoms with Crippen LogP contribution in [-0.2, 0) is 5.75 Å². The van der Waals surface area contributed by atoms with Crippen LogP contribution in [0.2, 0.25) is 0 Å². The maximum Gasteiger partial charge on any atom is 0.193 e. The van der Waals surface area contributed by atoms with Gasteiger partial charge in [0.2, 0.25) is 0 Å². The lowest BCUT2D eigenvalue weighted by Crippen LogP contribution is -2.08. The van der Waals surface area contributed by atoms with Gasteiger partial charge in [0.25, 0.3) is 0 Å². The van der Waals surface area contributed by atoms with Crippen LogP contribution in [0.5, 0.6) is 0 Å². The van der Waals surface area contributed by atoms with E-state index in [4.69, 9.17) is 0 Å². The standard InChI is InChI=1S/C12H16N2S2/c1-2-4-11(5-3-1)16-9-10-8-14-6-7-15-12(14)13-10/h6-8,11H,1-5,9H2. The Labute approximate surface area is 104 Å². The van der Waals surface area contributed by atoms with Crippen LogP contribution in [0.1, 0.15) is 37.8 Å². The highest BCUT2D eigenvalue weighted by Crippen LogP contribution is 2.30. The Bertz CT molecular complexity index is 426. The molecule has 0 bridgehead atoms. The molecule has 1 aliphatic carbocycles. The fourth-order valence-electron chi connectivity index (χ4n) is 2.28. The molecule has 1 saturated carbocycles. The molecule has 0 radical (unpaired) electrons. The van der Waals surface area contributed by atoms with Crippen LogP contribution in [0.3, 0.4) is 0 Å². The first kappa shape index (κ1) is 10.7. The molecular weight excluding hydrogens is 236 g/mol. The van der Waals surface area contributed by atoms with E-state index in [1.54, 1.807) is 11.3 Å². The lowest BCUT2D eigenvalue weighted by molar-refractivity contribution is 0.516. The zero-order chi connectivity index (χ0) is 10.8. The van der Waals surface area contributed by atoms with E-state index in [2.05, 4.69) is 38.9 Å². The number of fused-ring (bicyclic) bond motifs is 1. The van der Waals surface area contributed by atoms with Gasteiger partial charge in [0.1, 0.15) is 0 Å². The predicted molar refractivity (Wildman–Crippen MR) is 71.2 cm³/mol. The van der Waals surface area contributed by atoms with Gasteiger partial charge in [-0.05, 0) is 12.8 Å². The first-order valence-corrected chi connectivity index (χ1v) is 7.87. The molecule has 3 rings (SSSR count). The molecule has 0 atom stereocenters. The largest absolute Gasteiger partial charge is 0.297 e. The smallest absolute Gasteiger partial charge is 0.193 e. The molecule has 1 aliphatic rings. The highest BCUT2D eigenvalue weighted by Gasteiger charge is 2.14. The average Bonchev–Trinajstić information content (AvgIpc) is 2.88. The first-order chi connectivity index (χ1) is 7.92. The van der Waals surface area contributed by atoms with E-state index in [1.807, 2.05) is 0 Å². The summed E-state index contributed by atoms with van der Waals surface area (Å²) in [6.45, 7) is 0. The Morgan fingerprint density at radius 1 is 1.38 bits per heavy atom. The first-order valence-electron chi connectivity index (χ1n) is 5.94. The second-order valence-corrected chi connectivity index (χ2v) is 6.56. The molecule has 4 heteroatoms. The number of aromatic nitrogens is 2. The van der Waals surface area contributed by atoms with Gasteiger partial charge in [0.05, 0.1) is 5.69 Å². The van der Waals surface area contributed by atoms with Gasteiger partial charge in [-0.15, -0.1) is 11.3 Å². The highest BCUT2D eigenvalue weighted by molar-refractivity contribution is 7.99. The summed E-state index contributed by atoms with van der Waals surface area (Å²) in [7, 11) is 0. The molecule has 2 nitrogen and oxygen atoms in total. The summed E-state index contributed by atoms with van der Waals surface area (Å²) in [5.74, 6) is 1.08. The molecule has 16 heavy (non-hydrogen) atoms. The Morgan fingerprint density at radius 2 is 2.25 bits per heavy atom. The molecule has 2 aromatic heterocycles. The van der Waals surface area contributed by atoms with Gasteiger partial charge in [-0.1, -0.05) is 19.3 Å².